The van der Waals surface area contributed by atoms with E-state index in [0.29, 0.717) is 0 Å². The molecule has 0 N–H and O–H groups in total. The Kier molecular flexibility index (Phi) is 6.17. The van der Waals surface area contributed by atoms with Gasteiger partial charge in [-0.15, -0.1) is 0 Å². The molecule has 0 spiro atoms. The van der Waals surface area contributed by atoms with Crippen LogP contribution in [-0.4, -0.2) is 4.57 Å². The Labute approximate surface area is 268 Å². The molecule has 0 aliphatic rings. The van der Waals surface area contributed by atoms with Crippen LogP contribution in [0.2, 0.25) is 0 Å². The van der Waals surface area contributed by atoms with Crippen molar-refractivity contribution in [1.29, 1.82) is 0 Å². The normalized spacial score (nSPS) is 11.5. The SMILES string of the molecule is c1ccc(-c2ccccc2N(c2ccccc2)c2cc3c4ccccc4n(-c4ccc5ccccc5c4)c3c3ccccc23)cc1. The minimum Gasteiger partial charge on any atom is -0.309 e. The van der Waals surface area contributed by atoms with Gasteiger partial charge in [0.25, 0.3) is 0 Å². The van der Waals surface area contributed by atoms with Gasteiger partial charge in [-0.1, -0.05) is 140 Å². The summed E-state index contributed by atoms with van der Waals surface area (Å²) in [4.78, 5) is 2.44. The van der Waals surface area contributed by atoms with E-state index in [1.807, 2.05) is 0 Å². The van der Waals surface area contributed by atoms with E-state index < -0.39 is 0 Å². The number of hydrogen-bond acceptors (Lipinski definition) is 1. The van der Waals surface area contributed by atoms with Gasteiger partial charge in [0.1, 0.15) is 0 Å². The molecule has 0 aliphatic carbocycles. The molecular weight excluding hydrogens is 556 g/mol. The van der Waals surface area contributed by atoms with E-state index in [1.165, 1.54) is 54.5 Å². The summed E-state index contributed by atoms with van der Waals surface area (Å²) < 4.78 is 2.45. The highest BCUT2D eigenvalue weighted by Crippen LogP contribution is 2.47. The molecule has 0 atom stereocenters. The predicted molar refractivity (Wildman–Crippen MR) is 196 cm³/mol. The van der Waals surface area contributed by atoms with E-state index in [0.717, 1.165) is 22.7 Å². The molecule has 0 amide bonds. The minimum atomic E-state index is 1.12. The smallest absolute Gasteiger partial charge is 0.0621 e. The Balaban J connectivity index is 1.40. The molecule has 0 aliphatic heterocycles. The van der Waals surface area contributed by atoms with Crippen molar-refractivity contribution < 1.29 is 0 Å². The Morgan fingerprint density at radius 3 is 1.85 bits per heavy atom. The molecule has 9 rings (SSSR count). The van der Waals surface area contributed by atoms with Crippen molar-refractivity contribution in [3.05, 3.63) is 182 Å². The van der Waals surface area contributed by atoms with E-state index in [4.69, 9.17) is 0 Å². The molecule has 0 fully saturated rings. The third-order valence-electron chi connectivity index (χ3n) is 9.13. The van der Waals surface area contributed by atoms with Crippen molar-refractivity contribution in [3.8, 4) is 16.8 Å². The first kappa shape index (κ1) is 26.3. The Hall–Kier alpha value is -6.12. The zero-order valence-corrected chi connectivity index (χ0v) is 25.2. The van der Waals surface area contributed by atoms with Crippen LogP contribution in [0.3, 0.4) is 0 Å². The van der Waals surface area contributed by atoms with E-state index in [1.54, 1.807) is 0 Å². The molecule has 1 aromatic heterocycles. The second-order valence-electron chi connectivity index (χ2n) is 11.8. The lowest BCUT2D eigenvalue weighted by Gasteiger charge is -2.29. The molecule has 46 heavy (non-hydrogen) atoms. The lowest BCUT2D eigenvalue weighted by Crippen LogP contribution is -2.12. The second kappa shape index (κ2) is 10.8. The van der Waals surface area contributed by atoms with Crippen LogP contribution in [0, 0.1) is 0 Å². The average molecular weight is 587 g/mol. The van der Waals surface area contributed by atoms with Crippen LogP contribution >= 0.6 is 0 Å². The van der Waals surface area contributed by atoms with E-state index in [-0.39, 0.29) is 0 Å². The fraction of sp³-hybridized carbons (Fsp3) is 0. The van der Waals surface area contributed by atoms with Gasteiger partial charge in [0.15, 0.2) is 0 Å². The van der Waals surface area contributed by atoms with Crippen molar-refractivity contribution in [3.63, 3.8) is 0 Å². The molecule has 9 aromatic rings. The molecular formula is C44H30N2. The van der Waals surface area contributed by atoms with Crippen molar-refractivity contribution >= 4 is 60.4 Å². The van der Waals surface area contributed by atoms with Gasteiger partial charge in [0.05, 0.1) is 22.4 Å². The molecule has 2 heteroatoms. The number of para-hydroxylation sites is 3. The zero-order valence-electron chi connectivity index (χ0n) is 25.2. The van der Waals surface area contributed by atoms with Gasteiger partial charge in [-0.2, -0.15) is 0 Å². The van der Waals surface area contributed by atoms with Gasteiger partial charge in [0, 0.05) is 38.5 Å². The lowest BCUT2D eigenvalue weighted by molar-refractivity contribution is 1.19. The first-order valence-electron chi connectivity index (χ1n) is 15.8. The fourth-order valence-corrected chi connectivity index (χ4v) is 7.09. The predicted octanol–water partition coefficient (Wildman–Crippen LogP) is 12.2. The quantitative estimate of drug-likeness (QED) is 0.195. The largest absolute Gasteiger partial charge is 0.309 e. The van der Waals surface area contributed by atoms with Crippen LogP contribution in [0.4, 0.5) is 17.1 Å². The fourth-order valence-electron chi connectivity index (χ4n) is 7.09. The highest BCUT2D eigenvalue weighted by Gasteiger charge is 2.23. The van der Waals surface area contributed by atoms with Gasteiger partial charge < -0.3 is 9.47 Å². The van der Waals surface area contributed by atoms with Gasteiger partial charge in [-0.25, -0.2) is 0 Å². The molecule has 216 valence electrons. The summed E-state index contributed by atoms with van der Waals surface area (Å²) >= 11 is 0. The molecule has 0 bridgehead atoms. The van der Waals surface area contributed by atoms with E-state index >= 15 is 0 Å². The minimum absolute atomic E-state index is 1.12. The topological polar surface area (TPSA) is 8.17 Å². The Bertz CT molecular complexity index is 2530. The number of anilines is 3. The Morgan fingerprint density at radius 2 is 1.02 bits per heavy atom. The van der Waals surface area contributed by atoms with Crippen molar-refractivity contribution in [2.75, 3.05) is 4.90 Å². The maximum atomic E-state index is 2.45. The van der Waals surface area contributed by atoms with Gasteiger partial charge in [0.2, 0.25) is 0 Å². The molecule has 8 aromatic carbocycles. The summed E-state index contributed by atoms with van der Waals surface area (Å²) in [6.07, 6.45) is 0. The van der Waals surface area contributed by atoms with Crippen molar-refractivity contribution in [2.45, 2.75) is 0 Å². The summed E-state index contributed by atoms with van der Waals surface area (Å²) in [5.74, 6) is 0. The third kappa shape index (κ3) is 4.19. The van der Waals surface area contributed by atoms with E-state index in [9.17, 15) is 0 Å². The average Bonchev–Trinajstić information content (AvgIpc) is 3.47. The summed E-state index contributed by atoms with van der Waals surface area (Å²) in [6, 6.07) is 65.7. The summed E-state index contributed by atoms with van der Waals surface area (Å²) in [5, 5.41) is 7.37. The van der Waals surface area contributed by atoms with Gasteiger partial charge >= 0.3 is 0 Å². The highest BCUT2D eigenvalue weighted by molar-refractivity contribution is 6.22. The van der Waals surface area contributed by atoms with Crippen LogP contribution in [-0.2, 0) is 0 Å². The van der Waals surface area contributed by atoms with Crippen LogP contribution in [0.15, 0.2) is 182 Å². The van der Waals surface area contributed by atoms with Crippen LogP contribution in [0.1, 0.15) is 0 Å². The number of benzene rings is 8. The van der Waals surface area contributed by atoms with Gasteiger partial charge in [-0.05, 0) is 58.8 Å². The second-order valence-corrected chi connectivity index (χ2v) is 11.8. The number of fused-ring (bicyclic) bond motifs is 6. The first-order valence-corrected chi connectivity index (χ1v) is 15.8. The van der Waals surface area contributed by atoms with Crippen LogP contribution < -0.4 is 4.90 Å². The van der Waals surface area contributed by atoms with Crippen molar-refractivity contribution in [1.82, 2.24) is 4.57 Å². The standard InChI is InChI=1S/C44H30N2/c1-3-16-32(17-4-1)36-21-11-13-25-41(36)45(34-19-5-2-6-20-34)43-30-40-38-23-12-14-26-42(38)46(44(40)39-24-10-9-22-37(39)43)35-28-27-31-15-7-8-18-33(31)29-35/h1-30H. The lowest BCUT2D eigenvalue weighted by atomic mass is 9.99. The molecule has 1 heterocycles. The zero-order chi connectivity index (χ0) is 30.5. The maximum Gasteiger partial charge on any atom is 0.0621 e. The number of aromatic nitrogens is 1. The molecule has 0 unspecified atom stereocenters. The number of rotatable bonds is 5. The molecule has 0 saturated heterocycles. The van der Waals surface area contributed by atoms with E-state index in [2.05, 4.69) is 191 Å². The maximum absolute atomic E-state index is 2.45. The van der Waals surface area contributed by atoms with Crippen molar-refractivity contribution in [2.24, 2.45) is 0 Å². The third-order valence-corrected chi connectivity index (χ3v) is 9.13. The molecule has 0 saturated carbocycles. The Morgan fingerprint density at radius 1 is 0.391 bits per heavy atom. The van der Waals surface area contributed by atoms with Crippen LogP contribution in [0.5, 0.6) is 0 Å². The summed E-state index contributed by atoms with van der Waals surface area (Å²) in [7, 11) is 0. The monoisotopic (exact) mass is 586 g/mol. The number of hydrogen-bond donors (Lipinski definition) is 0. The van der Waals surface area contributed by atoms with Gasteiger partial charge in [-0.3, -0.25) is 0 Å². The summed E-state index contributed by atoms with van der Waals surface area (Å²) in [6.45, 7) is 0. The van der Waals surface area contributed by atoms with Crippen LogP contribution in [0.25, 0.3) is 60.2 Å². The molecule has 2 nitrogen and oxygen atoms in total. The summed E-state index contributed by atoms with van der Waals surface area (Å²) in [5.41, 5.74) is 9.38. The first-order chi connectivity index (χ1) is 22.8. The highest BCUT2D eigenvalue weighted by atomic mass is 15.1. The molecule has 0 radical (unpaired) electrons. The number of nitrogens with zero attached hydrogens (tertiary/aromatic N) is 2.